The first-order valence-corrected chi connectivity index (χ1v) is 8.35. The first-order valence-electron chi connectivity index (χ1n) is 7.56. The lowest BCUT2D eigenvalue weighted by atomic mass is 10.0. The molecule has 0 saturated heterocycles. The van der Waals surface area contributed by atoms with E-state index in [1.165, 1.54) is 0 Å². The Balaban J connectivity index is 1.86. The molecule has 2 aromatic carbocycles. The summed E-state index contributed by atoms with van der Waals surface area (Å²) < 4.78 is 6.01. The minimum Gasteiger partial charge on any atom is -0.451 e. The summed E-state index contributed by atoms with van der Waals surface area (Å²) in [5, 5.41) is 0.837. The Kier molecular flexibility index (Phi) is 4.53. The van der Waals surface area contributed by atoms with Gasteiger partial charge in [0.2, 0.25) is 5.78 Å². The molecule has 4 nitrogen and oxygen atoms in total. The maximum atomic E-state index is 12.8. The van der Waals surface area contributed by atoms with Gasteiger partial charge in [0.15, 0.2) is 6.10 Å². The van der Waals surface area contributed by atoms with Crippen LogP contribution >= 0.6 is 15.9 Å². The highest BCUT2D eigenvalue weighted by Crippen LogP contribution is 2.24. The average molecular weight is 386 g/mol. The Morgan fingerprint density at radius 3 is 2.50 bits per heavy atom. The normalized spacial score (nSPS) is 12.1. The van der Waals surface area contributed by atoms with Crippen LogP contribution in [-0.2, 0) is 4.74 Å². The van der Waals surface area contributed by atoms with Crippen molar-refractivity contribution in [1.29, 1.82) is 0 Å². The molecule has 0 aliphatic heterocycles. The van der Waals surface area contributed by atoms with E-state index in [1.807, 2.05) is 37.3 Å². The lowest BCUT2D eigenvalue weighted by molar-refractivity contribution is 0.0318. The van der Waals surface area contributed by atoms with Gasteiger partial charge < -0.3 is 9.72 Å². The summed E-state index contributed by atoms with van der Waals surface area (Å²) in [5.41, 5.74) is 2.62. The molecular formula is C19H16BrNO3. The van der Waals surface area contributed by atoms with Crippen LogP contribution in [0.4, 0.5) is 0 Å². The molecule has 0 bridgehead atoms. The molecule has 0 amide bonds. The smallest absolute Gasteiger partial charge is 0.339 e. The third kappa shape index (κ3) is 2.99. The number of Topliss-reactive ketones (excluding diaryl/α,β-unsaturated/α-hetero) is 1. The molecule has 3 rings (SSSR count). The van der Waals surface area contributed by atoms with Crippen molar-refractivity contribution >= 4 is 38.6 Å². The number of nitrogens with one attached hydrogen (secondary N) is 1. The second-order valence-corrected chi connectivity index (χ2v) is 6.42. The van der Waals surface area contributed by atoms with Gasteiger partial charge in [0.1, 0.15) is 0 Å². The number of aryl methyl sites for hydroxylation is 1. The van der Waals surface area contributed by atoms with Gasteiger partial charge in [-0.2, -0.15) is 0 Å². The van der Waals surface area contributed by atoms with Gasteiger partial charge in [0.25, 0.3) is 0 Å². The van der Waals surface area contributed by atoms with Gasteiger partial charge >= 0.3 is 5.97 Å². The molecule has 0 saturated carbocycles. The van der Waals surface area contributed by atoms with Crippen molar-refractivity contribution in [3.8, 4) is 0 Å². The minimum atomic E-state index is -0.873. The lowest BCUT2D eigenvalue weighted by Gasteiger charge is -2.13. The number of aromatic amines is 1. The largest absolute Gasteiger partial charge is 0.451 e. The highest BCUT2D eigenvalue weighted by Gasteiger charge is 2.25. The van der Waals surface area contributed by atoms with Crippen molar-refractivity contribution in [1.82, 2.24) is 4.98 Å². The zero-order valence-electron chi connectivity index (χ0n) is 13.3. The van der Waals surface area contributed by atoms with Gasteiger partial charge in [-0.05, 0) is 48.0 Å². The molecule has 0 fully saturated rings. The van der Waals surface area contributed by atoms with Crippen LogP contribution < -0.4 is 0 Å². The number of esters is 1. The van der Waals surface area contributed by atoms with Crippen LogP contribution in [0.15, 0.2) is 53.0 Å². The summed E-state index contributed by atoms with van der Waals surface area (Å²) in [6.07, 6.45) is -0.873. The molecule has 1 unspecified atom stereocenters. The second-order valence-electron chi connectivity index (χ2n) is 5.56. The molecule has 24 heavy (non-hydrogen) atoms. The maximum Gasteiger partial charge on any atom is 0.339 e. The van der Waals surface area contributed by atoms with E-state index in [1.54, 1.807) is 25.1 Å². The van der Waals surface area contributed by atoms with Crippen LogP contribution in [-0.4, -0.2) is 22.8 Å². The monoisotopic (exact) mass is 385 g/mol. The van der Waals surface area contributed by atoms with Crippen LogP contribution in [0.5, 0.6) is 0 Å². The molecule has 1 N–H and O–H groups in total. The molecule has 0 aliphatic rings. The number of fused-ring (bicyclic) bond motifs is 1. The van der Waals surface area contributed by atoms with Crippen LogP contribution in [0, 0.1) is 6.92 Å². The van der Waals surface area contributed by atoms with E-state index < -0.39 is 12.1 Å². The number of hydrogen-bond donors (Lipinski definition) is 1. The van der Waals surface area contributed by atoms with E-state index in [2.05, 4.69) is 20.9 Å². The highest BCUT2D eigenvalue weighted by atomic mass is 79.9. The van der Waals surface area contributed by atoms with E-state index in [9.17, 15) is 9.59 Å². The highest BCUT2D eigenvalue weighted by molar-refractivity contribution is 9.10. The standard InChI is InChI=1S/C19H16BrNO3/c1-11-17(14-8-4-6-10-16(14)21-11)18(22)12(2)24-19(23)13-7-3-5-9-15(13)20/h3-10,12,21H,1-2H3. The number of H-pyrrole nitrogens is 1. The predicted octanol–water partition coefficient (Wildman–Crippen LogP) is 4.67. The molecule has 3 aromatic rings. The quantitative estimate of drug-likeness (QED) is 0.524. The molecule has 0 radical (unpaired) electrons. The summed E-state index contributed by atoms with van der Waals surface area (Å²) >= 11 is 3.32. The first kappa shape index (κ1) is 16.5. The Labute approximate surface area is 148 Å². The van der Waals surface area contributed by atoms with Crippen LogP contribution in [0.25, 0.3) is 10.9 Å². The van der Waals surface area contributed by atoms with Crippen molar-refractivity contribution in [2.45, 2.75) is 20.0 Å². The van der Waals surface area contributed by atoms with E-state index in [0.29, 0.717) is 15.6 Å². The second kappa shape index (κ2) is 6.61. The first-order chi connectivity index (χ1) is 11.5. The van der Waals surface area contributed by atoms with E-state index in [4.69, 9.17) is 4.74 Å². The van der Waals surface area contributed by atoms with Gasteiger partial charge in [-0.3, -0.25) is 4.79 Å². The van der Waals surface area contributed by atoms with E-state index >= 15 is 0 Å². The van der Waals surface area contributed by atoms with Gasteiger partial charge in [0, 0.05) is 26.6 Å². The van der Waals surface area contributed by atoms with Gasteiger partial charge in [0.05, 0.1) is 5.56 Å². The number of para-hydroxylation sites is 1. The average Bonchev–Trinajstić information content (AvgIpc) is 2.90. The van der Waals surface area contributed by atoms with Crippen LogP contribution in [0.3, 0.4) is 0 Å². The Hall–Kier alpha value is -2.40. The predicted molar refractivity (Wildman–Crippen MR) is 96.4 cm³/mol. The summed E-state index contributed by atoms with van der Waals surface area (Å²) in [7, 11) is 0. The molecule has 1 atom stereocenters. The molecule has 1 aromatic heterocycles. The lowest BCUT2D eigenvalue weighted by Crippen LogP contribution is -2.25. The minimum absolute atomic E-state index is 0.217. The number of carbonyl (C=O) groups excluding carboxylic acids is 2. The number of aromatic nitrogens is 1. The SMILES string of the molecule is Cc1[nH]c2ccccc2c1C(=O)C(C)OC(=O)c1ccccc1Br. The van der Waals surface area contributed by atoms with Crippen molar-refractivity contribution < 1.29 is 14.3 Å². The fraction of sp³-hybridized carbons (Fsp3) is 0.158. The fourth-order valence-electron chi connectivity index (χ4n) is 2.70. The Morgan fingerprint density at radius 2 is 1.75 bits per heavy atom. The van der Waals surface area contributed by atoms with Crippen molar-refractivity contribution in [3.05, 3.63) is 69.8 Å². The number of ketones is 1. The summed E-state index contributed by atoms with van der Waals surface area (Å²) in [6.45, 7) is 3.44. The fourth-order valence-corrected chi connectivity index (χ4v) is 3.15. The van der Waals surface area contributed by atoms with Crippen LogP contribution in [0.1, 0.15) is 33.3 Å². The van der Waals surface area contributed by atoms with Crippen molar-refractivity contribution in [2.24, 2.45) is 0 Å². The molecule has 1 heterocycles. The zero-order chi connectivity index (χ0) is 17.3. The van der Waals surface area contributed by atoms with Gasteiger partial charge in [-0.25, -0.2) is 4.79 Å². The maximum absolute atomic E-state index is 12.8. The number of halogens is 1. The molecule has 5 heteroatoms. The molecular weight excluding hydrogens is 370 g/mol. The molecule has 122 valence electrons. The number of hydrogen-bond acceptors (Lipinski definition) is 3. The number of carbonyl (C=O) groups is 2. The van der Waals surface area contributed by atoms with Crippen molar-refractivity contribution in [3.63, 3.8) is 0 Å². The Bertz CT molecular complexity index is 929. The number of rotatable bonds is 4. The third-order valence-electron chi connectivity index (χ3n) is 3.89. The van der Waals surface area contributed by atoms with E-state index in [0.717, 1.165) is 16.6 Å². The van der Waals surface area contributed by atoms with Crippen molar-refractivity contribution in [2.75, 3.05) is 0 Å². The number of ether oxygens (including phenoxy) is 1. The third-order valence-corrected chi connectivity index (χ3v) is 4.58. The topological polar surface area (TPSA) is 59.2 Å². The number of benzene rings is 2. The van der Waals surface area contributed by atoms with Gasteiger partial charge in [-0.15, -0.1) is 0 Å². The Morgan fingerprint density at radius 1 is 1.08 bits per heavy atom. The van der Waals surface area contributed by atoms with Gasteiger partial charge in [-0.1, -0.05) is 30.3 Å². The summed E-state index contributed by atoms with van der Waals surface area (Å²) in [5.74, 6) is -0.744. The van der Waals surface area contributed by atoms with E-state index in [-0.39, 0.29) is 5.78 Å². The molecule has 0 aliphatic carbocycles. The summed E-state index contributed by atoms with van der Waals surface area (Å²) in [6, 6.07) is 14.5. The van der Waals surface area contributed by atoms with Crippen LogP contribution in [0.2, 0.25) is 0 Å². The zero-order valence-corrected chi connectivity index (χ0v) is 14.9. The molecule has 0 spiro atoms. The summed E-state index contributed by atoms with van der Waals surface area (Å²) in [4.78, 5) is 28.3.